The predicted molar refractivity (Wildman–Crippen MR) is 73.0 cm³/mol. The molecule has 2 heterocycles. The van der Waals surface area contributed by atoms with Crippen molar-refractivity contribution in [3.63, 3.8) is 0 Å². The maximum Gasteiger partial charge on any atom is 0.263 e. The van der Waals surface area contributed by atoms with Crippen molar-refractivity contribution >= 4 is 0 Å². The van der Waals surface area contributed by atoms with Gasteiger partial charge in [0, 0.05) is 6.20 Å². The average Bonchev–Trinajstić information content (AvgIpc) is 3.09. The number of aromatic nitrogens is 3. The Morgan fingerprint density at radius 3 is 2.95 bits per heavy atom. The van der Waals surface area contributed by atoms with Crippen LogP contribution in [0.4, 0.5) is 0 Å². The molecule has 0 spiro atoms. The Bertz CT molecular complexity index is 590. The van der Waals surface area contributed by atoms with Crippen LogP contribution < -0.4 is 10.5 Å². The fraction of sp³-hybridized carbons (Fsp3) is 0.500. The Labute approximate surface area is 117 Å². The molecule has 1 aliphatic rings. The second-order valence-electron chi connectivity index (χ2n) is 5.08. The minimum atomic E-state index is -0.449. The van der Waals surface area contributed by atoms with Crippen LogP contribution in [-0.4, -0.2) is 21.7 Å². The van der Waals surface area contributed by atoms with Gasteiger partial charge in [0.2, 0.25) is 5.88 Å². The Kier molecular flexibility index (Phi) is 3.40. The summed E-state index contributed by atoms with van der Waals surface area (Å²) < 4.78 is 10.8. The molecule has 3 rings (SSSR count). The van der Waals surface area contributed by atoms with Crippen LogP contribution in [0.25, 0.3) is 11.5 Å². The Morgan fingerprint density at radius 1 is 1.40 bits per heavy atom. The van der Waals surface area contributed by atoms with Crippen molar-refractivity contribution in [1.82, 2.24) is 15.1 Å². The van der Waals surface area contributed by atoms with Gasteiger partial charge in [-0.15, -0.1) is 0 Å². The fourth-order valence-corrected chi connectivity index (χ4v) is 2.57. The van der Waals surface area contributed by atoms with E-state index in [1.165, 1.54) is 0 Å². The van der Waals surface area contributed by atoms with E-state index < -0.39 is 5.54 Å². The van der Waals surface area contributed by atoms with E-state index in [2.05, 4.69) is 15.1 Å². The molecule has 20 heavy (non-hydrogen) atoms. The first kappa shape index (κ1) is 13.1. The van der Waals surface area contributed by atoms with Gasteiger partial charge in [-0.25, -0.2) is 4.98 Å². The minimum Gasteiger partial charge on any atom is -0.477 e. The van der Waals surface area contributed by atoms with Gasteiger partial charge < -0.3 is 15.0 Å². The van der Waals surface area contributed by atoms with Crippen LogP contribution in [0.5, 0.6) is 5.88 Å². The van der Waals surface area contributed by atoms with Crippen molar-refractivity contribution in [3.05, 3.63) is 24.2 Å². The molecular formula is C14H18N4O2. The monoisotopic (exact) mass is 274 g/mol. The van der Waals surface area contributed by atoms with Crippen LogP contribution in [0.2, 0.25) is 0 Å². The SMILES string of the molecule is CCOc1ncccc1-c1nc(C2(N)CCCC2)no1. The van der Waals surface area contributed by atoms with E-state index in [-0.39, 0.29) is 0 Å². The summed E-state index contributed by atoms with van der Waals surface area (Å²) in [6, 6.07) is 3.67. The summed E-state index contributed by atoms with van der Waals surface area (Å²) in [5.41, 5.74) is 6.59. The van der Waals surface area contributed by atoms with E-state index in [0.29, 0.717) is 29.8 Å². The molecule has 0 atom stereocenters. The van der Waals surface area contributed by atoms with E-state index in [1.54, 1.807) is 6.20 Å². The van der Waals surface area contributed by atoms with Gasteiger partial charge in [-0.2, -0.15) is 4.98 Å². The van der Waals surface area contributed by atoms with Crippen LogP contribution in [0.1, 0.15) is 38.4 Å². The number of hydrogen-bond acceptors (Lipinski definition) is 6. The van der Waals surface area contributed by atoms with Crippen LogP contribution in [0.3, 0.4) is 0 Å². The molecule has 2 N–H and O–H groups in total. The molecule has 106 valence electrons. The lowest BCUT2D eigenvalue weighted by Gasteiger charge is -2.17. The summed E-state index contributed by atoms with van der Waals surface area (Å²) in [5.74, 6) is 1.49. The van der Waals surface area contributed by atoms with E-state index in [0.717, 1.165) is 25.7 Å². The van der Waals surface area contributed by atoms with Gasteiger partial charge >= 0.3 is 0 Å². The highest BCUT2D eigenvalue weighted by Gasteiger charge is 2.36. The second-order valence-corrected chi connectivity index (χ2v) is 5.08. The van der Waals surface area contributed by atoms with Crippen molar-refractivity contribution in [3.8, 4) is 17.3 Å². The lowest BCUT2D eigenvalue weighted by molar-refractivity contribution is 0.325. The number of pyridine rings is 1. The van der Waals surface area contributed by atoms with Gasteiger partial charge in [0.25, 0.3) is 5.89 Å². The highest BCUT2D eigenvalue weighted by Crippen LogP contribution is 2.36. The zero-order valence-corrected chi connectivity index (χ0v) is 11.5. The van der Waals surface area contributed by atoms with Crippen LogP contribution in [0, 0.1) is 0 Å². The zero-order chi connectivity index (χ0) is 14.0. The fourth-order valence-electron chi connectivity index (χ4n) is 2.57. The molecule has 0 aromatic carbocycles. The standard InChI is InChI=1S/C14H18N4O2/c1-2-19-11-10(6-5-9-16-11)12-17-13(18-20-12)14(15)7-3-4-8-14/h5-6,9H,2-4,7-8,15H2,1H3. The third kappa shape index (κ3) is 2.27. The third-order valence-electron chi connectivity index (χ3n) is 3.65. The highest BCUT2D eigenvalue weighted by atomic mass is 16.5. The van der Waals surface area contributed by atoms with E-state index >= 15 is 0 Å². The molecule has 1 aliphatic carbocycles. The van der Waals surface area contributed by atoms with E-state index in [1.807, 2.05) is 19.1 Å². The van der Waals surface area contributed by atoms with Gasteiger partial charge in [0.1, 0.15) is 5.56 Å². The van der Waals surface area contributed by atoms with Crippen molar-refractivity contribution in [2.75, 3.05) is 6.61 Å². The molecule has 0 bridgehead atoms. The Hall–Kier alpha value is -1.95. The third-order valence-corrected chi connectivity index (χ3v) is 3.65. The summed E-state index contributed by atoms with van der Waals surface area (Å²) in [6.07, 6.45) is 5.69. The van der Waals surface area contributed by atoms with Crippen LogP contribution in [0.15, 0.2) is 22.9 Å². The van der Waals surface area contributed by atoms with Crippen LogP contribution in [-0.2, 0) is 5.54 Å². The first-order valence-electron chi connectivity index (χ1n) is 6.94. The number of ether oxygens (including phenoxy) is 1. The largest absolute Gasteiger partial charge is 0.477 e. The van der Waals surface area contributed by atoms with Crippen molar-refractivity contribution in [2.24, 2.45) is 5.73 Å². The van der Waals surface area contributed by atoms with Gasteiger partial charge in [-0.1, -0.05) is 18.0 Å². The molecule has 2 aromatic rings. The number of hydrogen-bond donors (Lipinski definition) is 1. The van der Waals surface area contributed by atoms with Crippen molar-refractivity contribution in [1.29, 1.82) is 0 Å². The Morgan fingerprint density at radius 2 is 2.20 bits per heavy atom. The van der Waals surface area contributed by atoms with Gasteiger partial charge in [-0.3, -0.25) is 0 Å². The highest BCUT2D eigenvalue weighted by molar-refractivity contribution is 5.59. The van der Waals surface area contributed by atoms with Gasteiger partial charge in [0.05, 0.1) is 12.1 Å². The lowest BCUT2D eigenvalue weighted by Crippen LogP contribution is -2.34. The average molecular weight is 274 g/mol. The molecule has 0 amide bonds. The maximum absolute atomic E-state index is 6.34. The molecule has 6 heteroatoms. The molecule has 0 saturated heterocycles. The van der Waals surface area contributed by atoms with Gasteiger partial charge in [0.15, 0.2) is 5.82 Å². The molecule has 0 aliphatic heterocycles. The first-order valence-corrected chi connectivity index (χ1v) is 6.94. The van der Waals surface area contributed by atoms with Gasteiger partial charge in [-0.05, 0) is 31.9 Å². The Balaban J connectivity index is 1.94. The summed E-state index contributed by atoms with van der Waals surface area (Å²) in [4.78, 5) is 8.64. The zero-order valence-electron chi connectivity index (χ0n) is 11.5. The summed E-state index contributed by atoms with van der Waals surface area (Å²) in [5, 5.41) is 4.05. The topological polar surface area (TPSA) is 87.1 Å². The predicted octanol–water partition coefficient (Wildman–Crippen LogP) is 2.26. The smallest absolute Gasteiger partial charge is 0.263 e. The quantitative estimate of drug-likeness (QED) is 0.920. The second kappa shape index (κ2) is 5.20. The normalized spacial score (nSPS) is 17.3. The molecular weight excluding hydrogens is 256 g/mol. The van der Waals surface area contributed by atoms with Crippen molar-refractivity contribution in [2.45, 2.75) is 38.1 Å². The number of nitrogens with zero attached hydrogens (tertiary/aromatic N) is 3. The minimum absolute atomic E-state index is 0.410. The number of rotatable bonds is 4. The lowest BCUT2D eigenvalue weighted by atomic mass is 9.99. The van der Waals surface area contributed by atoms with Crippen LogP contribution >= 0.6 is 0 Å². The summed E-state index contributed by atoms with van der Waals surface area (Å²) in [6.45, 7) is 2.44. The van der Waals surface area contributed by atoms with E-state index in [9.17, 15) is 0 Å². The first-order chi connectivity index (χ1) is 9.73. The molecule has 1 saturated carbocycles. The molecule has 0 unspecified atom stereocenters. The van der Waals surface area contributed by atoms with E-state index in [4.69, 9.17) is 15.0 Å². The molecule has 1 fully saturated rings. The summed E-state index contributed by atoms with van der Waals surface area (Å²) >= 11 is 0. The molecule has 2 aromatic heterocycles. The molecule has 0 radical (unpaired) electrons. The number of nitrogens with two attached hydrogens (primary N) is 1. The van der Waals surface area contributed by atoms with Crippen molar-refractivity contribution < 1.29 is 9.26 Å². The maximum atomic E-state index is 6.34. The summed E-state index contributed by atoms with van der Waals surface area (Å²) in [7, 11) is 0. The molecule has 6 nitrogen and oxygen atoms in total.